The Kier molecular flexibility index (Phi) is 7.52. The number of esters is 3. The number of hydrogen-bond acceptors (Lipinski definition) is 12. The predicted octanol–water partition coefficient (Wildman–Crippen LogP) is 0.900. The molecule has 1 fully saturated rings. The number of hydrogen-bond donors (Lipinski definition) is 3. The molecule has 13 nitrogen and oxygen atoms in total. The first kappa shape index (κ1) is 29.5. The first-order valence-corrected chi connectivity index (χ1v) is 13.8. The van der Waals surface area contributed by atoms with Crippen LogP contribution in [0.25, 0.3) is 0 Å². The molecule has 42 heavy (non-hydrogen) atoms. The van der Waals surface area contributed by atoms with Crippen molar-refractivity contribution in [1.29, 1.82) is 0 Å². The molecule has 1 spiro atoms. The average Bonchev–Trinajstić information content (AvgIpc) is 3.28. The Morgan fingerprint density at radius 2 is 1.86 bits per heavy atom. The van der Waals surface area contributed by atoms with Gasteiger partial charge in [-0.3, -0.25) is 14.4 Å². The number of carbonyl (C=O) groups excluding carboxylic acids is 4. The van der Waals surface area contributed by atoms with Gasteiger partial charge in [-0.2, -0.15) is 0 Å². The molecule has 0 saturated carbocycles. The van der Waals surface area contributed by atoms with Gasteiger partial charge in [0.25, 0.3) is 0 Å². The van der Waals surface area contributed by atoms with Gasteiger partial charge in [0.1, 0.15) is 11.5 Å². The number of carboxylic acid groups (broad SMARTS) is 1. The minimum atomic E-state index is -1.71. The number of aliphatic hydroxyl groups is 1. The molecule has 0 radical (unpaired) electrons. The van der Waals surface area contributed by atoms with Gasteiger partial charge in [0.05, 0.1) is 30.3 Å². The van der Waals surface area contributed by atoms with Crippen LogP contribution in [-0.4, -0.2) is 93.4 Å². The topological polar surface area (TPSA) is 186 Å². The first-order valence-electron chi connectivity index (χ1n) is 13.8. The number of carbonyl (C=O) groups is 5. The summed E-state index contributed by atoms with van der Waals surface area (Å²) in [6, 6.07) is 3.20. The van der Waals surface area contributed by atoms with Gasteiger partial charge in [-0.1, -0.05) is 6.07 Å². The van der Waals surface area contributed by atoms with E-state index >= 15 is 0 Å². The van der Waals surface area contributed by atoms with Crippen LogP contribution in [0, 0.1) is 0 Å². The fraction of sp³-hybridized carbons (Fsp3) is 0.552. The number of benzene rings is 1. The fourth-order valence-electron chi connectivity index (χ4n) is 6.80. The third kappa shape index (κ3) is 4.70. The van der Waals surface area contributed by atoms with Gasteiger partial charge < -0.3 is 39.2 Å². The van der Waals surface area contributed by atoms with Crippen LogP contribution in [0.1, 0.15) is 57.1 Å². The number of ketones is 1. The summed E-state index contributed by atoms with van der Waals surface area (Å²) in [7, 11) is 1.96. The second kappa shape index (κ2) is 10.7. The molecule has 0 unspecified atom stereocenters. The highest BCUT2D eigenvalue weighted by atomic mass is 16.6. The number of aromatic hydroxyl groups is 1. The molecule has 1 aromatic carbocycles. The summed E-state index contributed by atoms with van der Waals surface area (Å²) in [5, 5.41) is 31.8. The van der Waals surface area contributed by atoms with Gasteiger partial charge in [0, 0.05) is 18.0 Å². The van der Waals surface area contributed by atoms with Crippen LogP contribution in [0.5, 0.6) is 11.5 Å². The van der Waals surface area contributed by atoms with E-state index in [2.05, 4.69) is 4.90 Å². The molecule has 3 N–H and O–H groups in total. The van der Waals surface area contributed by atoms with Crippen molar-refractivity contribution < 1.29 is 58.2 Å². The largest absolute Gasteiger partial charge is 0.504 e. The first-order chi connectivity index (χ1) is 19.8. The Labute approximate surface area is 241 Å². The molecule has 1 saturated heterocycles. The number of carboxylic acids is 1. The van der Waals surface area contributed by atoms with Gasteiger partial charge in [-0.15, -0.1) is 0 Å². The monoisotopic (exact) mass is 587 g/mol. The summed E-state index contributed by atoms with van der Waals surface area (Å²) in [6.07, 6.45) is -2.52. The number of likely N-dealkylation sites (tertiary alicyclic amines) is 1. The molecule has 2 bridgehead atoms. The van der Waals surface area contributed by atoms with Gasteiger partial charge in [-0.25, -0.2) is 9.59 Å². The van der Waals surface area contributed by atoms with Gasteiger partial charge >= 0.3 is 23.9 Å². The van der Waals surface area contributed by atoms with E-state index in [1.165, 1.54) is 6.92 Å². The lowest BCUT2D eigenvalue weighted by Crippen LogP contribution is -2.74. The average molecular weight is 588 g/mol. The molecule has 5 rings (SSSR count). The fourth-order valence-corrected chi connectivity index (χ4v) is 6.80. The van der Waals surface area contributed by atoms with Crippen molar-refractivity contribution in [2.75, 3.05) is 13.6 Å². The molecule has 0 amide bonds. The molecule has 226 valence electrons. The third-order valence-corrected chi connectivity index (χ3v) is 8.77. The number of aliphatic carboxylic acids is 1. The lowest BCUT2D eigenvalue weighted by molar-refractivity contribution is -0.177. The summed E-state index contributed by atoms with van der Waals surface area (Å²) in [5.74, 6) is -4.46. The minimum Gasteiger partial charge on any atom is -0.504 e. The van der Waals surface area contributed by atoms with Crippen LogP contribution in [0.3, 0.4) is 0 Å². The predicted molar refractivity (Wildman–Crippen MR) is 140 cm³/mol. The zero-order valence-corrected chi connectivity index (χ0v) is 23.5. The summed E-state index contributed by atoms with van der Waals surface area (Å²) in [4.78, 5) is 61.8. The molecular weight excluding hydrogens is 554 g/mol. The number of likely N-dealkylation sites (N-methyl/N-ethyl adjacent to an activating group) is 1. The smallest absolute Gasteiger partial charge is 0.348 e. The number of piperidine rings is 1. The maximum Gasteiger partial charge on any atom is 0.348 e. The summed E-state index contributed by atoms with van der Waals surface area (Å²) < 4.78 is 21.6. The summed E-state index contributed by atoms with van der Waals surface area (Å²) in [6.45, 7) is 2.99. The van der Waals surface area contributed by atoms with Crippen LogP contribution in [0.2, 0.25) is 0 Å². The summed E-state index contributed by atoms with van der Waals surface area (Å²) in [5.41, 5.74) is -0.434. The molecule has 2 aliphatic heterocycles. The van der Waals surface area contributed by atoms with Crippen LogP contribution in [0.15, 0.2) is 24.0 Å². The van der Waals surface area contributed by atoms with Crippen LogP contribution in [0.4, 0.5) is 0 Å². The van der Waals surface area contributed by atoms with Crippen molar-refractivity contribution >= 4 is 29.7 Å². The van der Waals surface area contributed by atoms with Crippen LogP contribution < -0.4 is 4.74 Å². The molecule has 2 heterocycles. The van der Waals surface area contributed by atoms with E-state index in [1.54, 1.807) is 12.1 Å². The van der Waals surface area contributed by atoms with Crippen molar-refractivity contribution in [2.45, 2.75) is 87.7 Å². The zero-order valence-electron chi connectivity index (χ0n) is 23.5. The number of ether oxygens (including phenoxy) is 4. The number of phenolic OH excluding ortho intramolecular Hbond substituents is 1. The highest BCUT2D eigenvalue weighted by Crippen LogP contribution is 2.65. The Morgan fingerprint density at radius 3 is 2.55 bits per heavy atom. The van der Waals surface area contributed by atoms with Gasteiger partial charge in [-0.05, 0) is 58.0 Å². The van der Waals surface area contributed by atoms with Crippen molar-refractivity contribution in [1.82, 2.24) is 4.90 Å². The Hall–Kier alpha value is -3.97. The van der Waals surface area contributed by atoms with E-state index in [-0.39, 0.29) is 29.7 Å². The van der Waals surface area contributed by atoms with Crippen molar-refractivity contribution in [2.24, 2.45) is 0 Å². The van der Waals surface area contributed by atoms with Gasteiger partial charge in [0.15, 0.2) is 23.7 Å². The number of rotatable bonds is 10. The van der Waals surface area contributed by atoms with Crippen molar-refractivity contribution in [3.05, 3.63) is 35.1 Å². The molecule has 13 heteroatoms. The van der Waals surface area contributed by atoms with Crippen molar-refractivity contribution in [3.63, 3.8) is 0 Å². The lowest BCUT2D eigenvalue weighted by Gasteiger charge is -2.61. The molecular formula is C29H33NO12. The number of phenols is 1. The Balaban J connectivity index is 1.23. The van der Waals surface area contributed by atoms with Gasteiger partial charge in [0.2, 0.25) is 6.10 Å². The van der Waals surface area contributed by atoms with E-state index in [0.717, 1.165) is 18.1 Å². The van der Waals surface area contributed by atoms with Crippen LogP contribution >= 0.6 is 0 Å². The molecule has 6 atom stereocenters. The van der Waals surface area contributed by atoms with E-state index in [4.69, 9.17) is 24.1 Å². The quantitative estimate of drug-likeness (QED) is 0.259. The third-order valence-electron chi connectivity index (χ3n) is 8.77. The zero-order chi connectivity index (χ0) is 30.6. The van der Waals surface area contributed by atoms with E-state index in [0.29, 0.717) is 19.4 Å². The summed E-state index contributed by atoms with van der Waals surface area (Å²) >= 11 is 0. The normalized spacial score (nSPS) is 28.3. The van der Waals surface area contributed by atoms with Crippen LogP contribution in [-0.2, 0) is 50.0 Å². The van der Waals surface area contributed by atoms with E-state index < -0.39 is 78.3 Å². The maximum absolute atomic E-state index is 12.8. The van der Waals surface area contributed by atoms with E-state index in [1.807, 2.05) is 13.1 Å². The van der Waals surface area contributed by atoms with Crippen molar-refractivity contribution in [3.8, 4) is 11.5 Å². The molecule has 0 aromatic heterocycles. The number of nitrogens with zero attached hydrogens (tertiary/aromatic N) is 1. The highest BCUT2D eigenvalue weighted by molar-refractivity contribution is 5.87. The Morgan fingerprint density at radius 1 is 1.14 bits per heavy atom. The molecule has 2 aliphatic carbocycles. The minimum absolute atomic E-state index is 0.0608. The second-order valence-corrected chi connectivity index (χ2v) is 11.4. The standard InChI is InChI=1S/C29H33NO12/c1-14(31)12-19(26(35)36)41-27(37)15(2)39-21(33)6-7-22(34)40-18-8-9-29(38)20-13-16-4-5-17(32)24-23(16)28(29,25(18)42-24)10-11-30(20)3/h4-5,8,15,19-20,25,32,38H,6-7,9-13H2,1-3H3,(H,35,36)/t15-,19-,20+,25-,28-,29+/m0/s1. The molecule has 1 aromatic rings. The SMILES string of the molecule is CC(=O)C[C@H](OC(=O)[C@H](C)OC(=O)CCC(=O)OC1=CC[C@@]2(O)[C@H]3Cc4ccc(O)c5c4[C@@]2(CCN3C)[C@H]1O5)C(=O)O. The maximum atomic E-state index is 12.8. The highest BCUT2D eigenvalue weighted by Gasteiger charge is 2.72. The number of Topliss-reactive ketones (excluding diaryl/α,β-unsaturated/α-hetero) is 1. The Bertz CT molecular complexity index is 1390. The van der Waals surface area contributed by atoms with E-state index in [9.17, 15) is 34.2 Å². The molecule has 4 aliphatic rings. The second-order valence-electron chi connectivity index (χ2n) is 11.4. The lowest BCUT2D eigenvalue weighted by atomic mass is 9.50.